The van der Waals surface area contributed by atoms with Gasteiger partial charge in [-0.05, 0) is 135 Å². The van der Waals surface area contributed by atoms with Gasteiger partial charge in [-0.15, -0.1) is 6.58 Å². The van der Waals surface area contributed by atoms with Crippen LogP contribution in [0.25, 0.3) is 0 Å². The number of aliphatic hydroxyl groups is 1. The van der Waals surface area contributed by atoms with E-state index in [9.17, 15) is 9.90 Å². The number of carbonyl (C=O) groups excluding carboxylic acids is 1. The lowest BCUT2D eigenvalue weighted by molar-refractivity contribution is -0.254. The SMILES string of the molecule is C=CCc1ccc(OC(O)[C@]23CC[C@@H](C(=C)C)C2C2CCC4[C@@]5(C)CCC(=O)C(C)(C)C5CC[C@@]4(C)[C@]2(C)CC3)c(OC)c1. The quantitative estimate of drug-likeness (QED) is 0.250. The van der Waals surface area contributed by atoms with E-state index in [1.807, 2.05) is 24.3 Å². The molecule has 5 saturated carbocycles. The van der Waals surface area contributed by atoms with Gasteiger partial charge in [0.05, 0.1) is 7.11 Å². The summed E-state index contributed by atoms with van der Waals surface area (Å²) in [5.74, 6) is 4.09. The fourth-order valence-electron chi connectivity index (χ4n) is 12.8. The van der Waals surface area contributed by atoms with Crippen LogP contribution >= 0.6 is 0 Å². The molecule has 5 aliphatic carbocycles. The lowest BCUT2D eigenvalue weighted by atomic mass is 9.32. The van der Waals surface area contributed by atoms with Crippen LogP contribution in [-0.4, -0.2) is 24.3 Å². The van der Waals surface area contributed by atoms with E-state index in [4.69, 9.17) is 9.47 Å². The second-order valence-corrected chi connectivity index (χ2v) is 17.0. The maximum Gasteiger partial charge on any atom is 0.203 e. The van der Waals surface area contributed by atoms with Crippen molar-refractivity contribution in [3.63, 3.8) is 0 Å². The third kappa shape index (κ3) is 4.28. The standard InChI is InChI=1S/C40H58O4/c1-10-11-26-12-14-29(30(24-26)43-9)44-35(42)40-21-16-27(25(2)3)34(40)28-13-15-32-37(6)19-18-33(41)36(4,5)31(37)17-20-39(32,8)38(28,7)22-23-40/h10,12,14,24,27-28,31-32,34-35,42H,1-2,11,13,15-23H2,3-9H3/t27-,28?,31?,32?,34?,35?,37-,38+,39+,40-/m0/s1. The van der Waals surface area contributed by atoms with Crippen molar-refractivity contribution in [1.82, 2.24) is 0 Å². The van der Waals surface area contributed by atoms with Gasteiger partial charge < -0.3 is 14.6 Å². The minimum absolute atomic E-state index is 0.172. The number of aliphatic hydroxyl groups excluding tert-OH is 1. The van der Waals surface area contributed by atoms with Gasteiger partial charge >= 0.3 is 0 Å². The van der Waals surface area contributed by atoms with E-state index in [0.29, 0.717) is 46.9 Å². The van der Waals surface area contributed by atoms with Crippen molar-refractivity contribution in [1.29, 1.82) is 0 Å². The van der Waals surface area contributed by atoms with Crippen LogP contribution in [0.2, 0.25) is 0 Å². The molecule has 0 amide bonds. The van der Waals surface area contributed by atoms with Gasteiger partial charge in [-0.2, -0.15) is 0 Å². The molecule has 242 valence electrons. The lowest BCUT2D eigenvalue weighted by Crippen LogP contribution is -2.67. The number of hydrogen-bond acceptors (Lipinski definition) is 4. The molecule has 1 aromatic rings. The molecule has 5 aliphatic rings. The summed E-state index contributed by atoms with van der Waals surface area (Å²) in [6.07, 6.45) is 12.4. The minimum atomic E-state index is -0.899. The second kappa shape index (κ2) is 10.7. The monoisotopic (exact) mass is 602 g/mol. The summed E-state index contributed by atoms with van der Waals surface area (Å²) in [6.45, 7) is 22.9. The molecule has 44 heavy (non-hydrogen) atoms. The molecule has 0 heterocycles. The predicted octanol–water partition coefficient (Wildman–Crippen LogP) is 9.35. The Kier molecular flexibility index (Phi) is 7.79. The average molecular weight is 603 g/mol. The van der Waals surface area contributed by atoms with E-state index in [0.717, 1.165) is 56.9 Å². The number of rotatable bonds is 7. The van der Waals surface area contributed by atoms with E-state index in [1.54, 1.807) is 7.11 Å². The van der Waals surface area contributed by atoms with Crippen molar-refractivity contribution in [3.05, 3.63) is 48.6 Å². The number of hydrogen-bond donors (Lipinski definition) is 1. The molecule has 0 radical (unpaired) electrons. The molecule has 5 unspecified atom stereocenters. The van der Waals surface area contributed by atoms with Gasteiger partial charge in [-0.25, -0.2) is 0 Å². The predicted molar refractivity (Wildman–Crippen MR) is 178 cm³/mol. The lowest BCUT2D eigenvalue weighted by Gasteiger charge is -2.72. The number of allylic oxidation sites excluding steroid dienone is 2. The van der Waals surface area contributed by atoms with Gasteiger partial charge in [-0.3, -0.25) is 4.79 Å². The first-order chi connectivity index (χ1) is 20.7. The van der Waals surface area contributed by atoms with Gasteiger partial charge in [0.25, 0.3) is 0 Å². The van der Waals surface area contributed by atoms with Crippen LogP contribution in [0.5, 0.6) is 11.5 Å². The van der Waals surface area contributed by atoms with Crippen molar-refractivity contribution < 1.29 is 19.4 Å². The summed E-state index contributed by atoms with van der Waals surface area (Å²) in [7, 11) is 1.67. The number of ether oxygens (including phenoxy) is 2. The van der Waals surface area contributed by atoms with Crippen molar-refractivity contribution >= 4 is 5.78 Å². The molecule has 0 aromatic heterocycles. The van der Waals surface area contributed by atoms with Crippen molar-refractivity contribution in [3.8, 4) is 11.5 Å². The van der Waals surface area contributed by atoms with Gasteiger partial charge in [-0.1, -0.05) is 58.9 Å². The molecule has 0 bridgehead atoms. The molecule has 4 nitrogen and oxygen atoms in total. The zero-order chi connectivity index (χ0) is 31.9. The molecule has 5 fully saturated rings. The van der Waals surface area contributed by atoms with Gasteiger partial charge in [0.1, 0.15) is 5.78 Å². The Morgan fingerprint density at radius 1 is 0.977 bits per heavy atom. The summed E-state index contributed by atoms with van der Waals surface area (Å²) < 4.78 is 12.3. The Bertz CT molecular complexity index is 1330. The summed E-state index contributed by atoms with van der Waals surface area (Å²) in [5, 5.41) is 12.2. The van der Waals surface area contributed by atoms with Gasteiger partial charge in [0.2, 0.25) is 6.29 Å². The first-order valence-electron chi connectivity index (χ1n) is 17.5. The van der Waals surface area contributed by atoms with Gasteiger partial charge in [0.15, 0.2) is 11.5 Å². The van der Waals surface area contributed by atoms with E-state index in [-0.39, 0.29) is 27.1 Å². The number of methoxy groups -OCH3 is 1. The molecule has 0 spiro atoms. The van der Waals surface area contributed by atoms with Crippen molar-refractivity contribution in [2.45, 2.75) is 118 Å². The zero-order valence-corrected chi connectivity index (χ0v) is 28.6. The van der Waals surface area contributed by atoms with E-state index < -0.39 is 6.29 Å². The largest absolute Gasteiger partial charge is 0.493 e. The van der Waals surface area contributed by atoms with Crippen LogP contribution in [0.3, 0.4) is 0 Å². The summed E-state index contributed by atoms with van der Waals surface area (Å²) in [5.41, 5.74) is 2.43. The molecule has 6 rings (SSSR count). The maximum absolute atomic E-state index is 13.1. The van der Waals surface area contributed by atoms with E-state index >= 15 is 0 Å². The Hall–Kier alpha value is -2.07. The van der Waals surface area contributed by atoms with Crippen molar-refractivity contribution in [2.75, 3.05) is 7.11 Å². The molecule has 1 N–H and O–H groups in total. The number of benzene rings is 1. The smallest absolute Gasteiger partial charge is 0.203 e. The Balaban J connectivity index is 1.35. The van der Waals surface area contributed by atoms with Crippen LogP contribution in [0.1, 0.15) is 111 Å². The Morgan fingerprint density at radius 2 is 1.73 bits per heavy atom. The van der Waals surface area contributed by atoms with Crippen molar-refractivity contribution in [2.24, 2.45) is 56.7 Å². The zero-order valence-electron chi connectivity index (χ0n) is 28.6. The number of ketones is 1. The topological polar surface area (TPSA) is 55.8 Å². The highest BCUT2D eigenvalue weighted by atomic mass is 16.6. The second-order valence-electron chi connectivity index (χ2n) is 17.0. The molecule has 4 heteroatoms. The summed E-state index contributed by atoms with van der Waals surface area (Å²) >= 11 is 0. The van der Waals surface area contributed by atoms with E-state index in [1.165, 1.54) is 24.8 Å². The minimum Gasteiger partial charge on any atom is -0.493 e. The van der Waals surface area contributed by atoms with Crippen LogP contribution in [0, 0.1) is 56.7 Å². The number of carbonyl (C=O) groups is 1. The fourth-order valence-corrected chi connectivity index (χ4v) is 12.8. The molecular weight excluding hydrogens is 544 g/mol. The third-order valence-electron chi connectivity index (χ3n) is 15.2. The number of fused-ring (bicyclic) bond motifs is 7. The van der Waals surface area contributed by atoms with Crippen LogP contribution in [0.4, 0.5) is 0 Å². The maximum atomic E-state index is 13.1. The van der Waals surface area contributed by atoms with Gasteiger partial charge in [0, 0.05) is 17.3 Å². The average Bonchev–Trinajstić information content (AvgIpc) is 3.38. The normalized spacial score (nSPS) is 43.1. The first-order valence-corrected chi connectivity index (χ1v) is 17.5. The molecule has 0 saturated heterocycles. The number of Topliss-reactive ketones (excluding diaryl/α,β-unsaturated/α-hetero) is 1. The highest BCUT2D eigenvalue weighted by Gasteiger charge is 2.72. The first kappa shape index (κ1) is 31.9. The highest BCUT2D eigenvalue weighted by Crippen LogP contribution is 2.77. The third-order valence-corrected chi connectivity index (χ3v) is 15.2. The Morgan fingerprint density at radius 3 is 2.41 bits per heavy atom. The molecule has 1 aromatic carbocycles. The summed E-state index contributed by atoms with van der Waals surface area (Å²) in [4.78, 5) is 13.1. The summed E-state index contributed by atoms with van der Waals surface area (Å²) in [6, 6.07) is 6.00. The molecular formula is C40H58O4. The Labute approximate surface area is 267 Å². The van der Waals surface area contributed by atoms with Crippen LogP contribution < -0.4 is 9.47 Å². The highest BCUT2D eigenvalue weighted by molar-refractivity contribution is 5.85. The molecule has 0 aliphatic heterocycles. The van der Waals surface area contributed by atoms with E-state index in [2.05, 4.69) is 54.7 Å². The van der Waals surface area contributed by atoms with Crippen LogP contribution in [-0.2, 0) is 11.2 Å². The fraction of sp³-hybridized carbons (Fsp3) is 0.725. The van der Waals surface area contributed by atoms with Crippen LogP contribution in [0.15, 0.2) is 43.0 Å². The molecule has 10 atom stereocenters.